The maximum absolute atomic E-state index is 13.4. The van der Waals surface area contributed by atoms with Crippen molar-refractivity contribution in [2.24, 2.45) is 5.73 Å². The van der Waals surface area contributed by atoms with Gasteiger partial charge in [-0.05, 0) is 24.3 Å². The summed E-state index contributed by atoms with van der Waals surface area (Å²) < 4.78 is 19.7. The van der Waals surface area contributed by atoms with Crippen LogP contribution in [0.15, 0.2) is 42.5 Å². The molecule has 0 saturated carbocycles. The highest BCUT2D eigenvalue weighted by Gasteiger charge is 2.21. The van der Waals surface area contributed by atoms with E-state index in [1.807, 2.05) is 12.1 Å². The first-order chi connectivity index (χ1) is 13.6. The number of halogens is 1. The van der Waals surface area contributed by atoms with Gasteiger partial charge < -0.3 is 10.5 Å². The molecule has 1 fully saturated rings. The smallest absolute Gasteiger partial charge is 0.124 e. The second-order valence-electron chi connectivity index (χ2n) is 7.16. The van der Waals surface area contributed by atoms with Crippen molar-refractivity contribution < 1.29 is 9.13 Å². The zero-order valence-corrected chi connectivity index (χ0v) is 16.8. The molecule has 1 aliphatic rings. The van der Waals surface area contributed by atoms with Crippen molar-refractivity contribution >= 4 is 21.6 Å². The summed E-state index contributed by atoms with van der Waals surface area (Å²) in [6, 6.07) is 12.7. The summed E-state index contributed by atoms with van der Waals surface area (Å²) in [5, 5.41) is 0.872. The minimum absolute atomic E-state index is 0.152. The molecule has 28 heavy (non-hydrogen) atoms. The van der Waals surface area contributed by atoms with Crippen molar-refractivity contribution in [3.05, 3.63) is 58.9 Å². The quantitative estimate of drug-likeness (QED) is 0.688. The van der Waals surface area contributed by atoms with E-state index in [1.165, 1.54) is 29.0 Å². The molecule has 5 nitrogen and oxygen atoms in total. The number of rotatable bonds is 6. The maximum Gasteiger partial charge on any atom is 0.124 e. The van der Waals surface area contributed by atoms with E-state index >= 15 is 0 Å². The molecular formula is C21H25FN4OS. The molecule has 1 aliphatic heterocycles. The van der Waals surface area contributed by atoms with Crippen LogP contribution < -0.4 is 10.5 Å². The molecule has 0 bridgehead atoms. The lowest BCUT2D eigenvalue weighted by atomic mass is 10.1. The highest BCUT2D eigenvalue weighted by Crippen LogP contribution is 2.27. The molecule has 1 aromatic heterocycles. The number of nitrogens with two attached hydrogens (primary N) is 1. The molecule has 0 spiro atoms. The van der Waals surface area contributed by atoms with Crippen LogP contribution in [0.25, 0.3) is 10.2 Å². The van der Waals surface area contributed by atoms with Crippen LogP contribution in [0, 0.1) is 5.82 Å². The van der Waals surface area contributed by atoms with Gasteiger partial charge in [0.1, 0.15) is 16.6 Å². The van der Waals surface area contributed by atoms with E-state index in [0.717, 1.165) is 60.2 Å². The molecule has 1 atom stereocenters. The lowest BCUT2D eigenvalue weighted by Gasteiger charge is -2.35. The largest absolute Gasteiger partial charge is 0.496 e. The Balaban J connectivity index is 1.32. The number of para-hydroxylation sites is 1. The fourth-order valence-corrected chi connectivity index (χ4v) is 4.62. The molecular weight excluding hydrogens is 375 g/mol. The van der Waals surface area contributed by atoms with Gasteiger partial charge in [-0.2, -0.15) is 0 Å². The summed E-state index contributed by atoms with van der Waals surface area (Å²) in [5.41, 5.74) is 8.44. The third kappa shape index (κ3) is 4.33. The predicted molar refractivity (Wildman–Crippen MR) is 111 cm³/mol. The van der Waals surface area contributed by atoms with Gasteiger partial charge in [-0.25, -0.2) is 9.37 Å². The van der Waals surface area contributed by atoms with Crippen molar-refractivity contribution in [3.8, 4) is 5.75 Å². The topological polar surface area (TPSA) is 54.6 Å². The average Bonchev–Trinajstić information content (AvgIpc) is 3.13. The normalized spacial score (nSPS) is 17.1. The van der Waals surface area contributed by atoms with E-state index in [4.69, 9.17) is 10.5 Å². The van der Waals surface area contributed by atoms with Crippen LogP contribution in [0.2, 0.25) is 0 Å². The van der Waals surface area contributed by atoms with Crippen LogP contribution in [-0.4, -0.2) is 54.6 Å². The van der Waals surface area contributed by atoms with E-state index in [1.54, 1.807) is 13.2 Å². The first-order valence-corrected chi connectivity index (χ1v) is 10.3. The van der Waals surface area contributed by atoms with Gasteiger partial charge in [-0.3, -0.25) is 9.80 Å². The summed E-state index contributed by atoms with van der Waals surface area (Å²) in [5.74, 6) is 0.710. The van der Waals surface area contributed by atoms with E-state index in [2.05, 4.69) is 26.9 Å². The molecule has 0 aliphatic carbocycles. The number of aromatic nitrogens is 1. The number of ether oxygens (including phenoxy) is 1. The molecule has 2 N–H and O–H groups in total. The number of benzene rings is 2. The fraction of sp³-hybridized carbons (Fsp3) is 0.381. The molecule has 1 unspecified atom stereocenters. The molecule has 148 valence electrons. The first-order valence-electron chi connectivity index (χ1n) is 9.50. The Kier molecular flexibility index (Phi) is 5.87. The number of piperazine rings is 1. The zero-order chi connectivity index (χ0) is 19.5. The Hall–Kier alpha value is -2.06. The fourth-order valence-electron chi connectivity index (χ4n) is 3.64. The van der Waals surface area contributed by atoms with Gasteiger partial charge in [0.15, 0.2) is 0 Å². The van der Waals surface area contributed by atoms with Gasteiger partial charge in [0, 0.05) is 44.8 Å². The standard InChI is InChI=1S/C21H25FN4OS/c1-27-19-5-3-2-4-15(19)13-25-8-10-26(11-9-25)14-17(23)21-24-18-7-6-16(22)12-20(18)28-21/h2-7,12,17H,8-11,13-14,23H2,1H3. The second kappa shape index (κ2) is 8.53. The zero-order valence-electron chi connectivity index (χ0n) is 16.0. The predicted octanol–water partition coefficient (Wildman–Crippen LogP) is 3.26. The van der Waals surface area contributed by atoms with Crippen molar-refractivity contribution in [2.75, 3.05) is 39.8 Å². The second-order valence-corrected chi connectivity index (χ2v) is 8.22. The third-order valence-corrected chi connectivity index (χ3v) is 6.34. The summed E-state index contributed by atoms with van der Waals surface area (Å²) in [6.45, 7) is 5.61. The van der Waals surface area contributed by atoms with Crippen LogP contribution in [0.3, 0.4) is 0 Å². The lowest BCUT2D eigenvalue weighted by Crippen LogP contribution is -2.47. The molecule has 1 saturated heterocycles. The van der Waals surface area contributed by atoms with E-state index < -0.39 is 0 Å². The Morgan fingerprint density at radius 3 is 2.68 bits per heavy atom. The summed E-state index contributed by atoms with van der Waals surface area (Å²) in [7, 11) is 1.72. The van der Waals surface area contributed by atoms with Crippen molar-refractivity contribution in [2.45, 2.75) is 12.6 Å². The molecule has 2 aromatic carbocycles. The minimum atomic E-state index is -0.234. The lowest BCUT2D eigenvalue weighted by molar-refractivity contribution is 0.121. The highest BCUT2D eigenvalue weighted by molar-refractivity contribution is 7.18. The van der Waals surface area contributed by atoms with Crippen LogP contribution in [0.5, 0.6) is 5.75 Å². The summed E-state index contributed by atoms with van der Waals surface area (Å²) in [4.78, 5) is 9.41. The molecule has 0 amide bonds. The monoisotopic (exact) mass is 400 g/mol. The minimum Gasteiger partial charge on any atom is -0.496 e. The molecule has 7 heteroatoms. The summed E-state index contributed by atoms with van der Waals surface area (Å²) >= 11 is 1.49. The Bertz CT molecular complexity index is 939. The maximum atomic E-state index is 13.4. The van der Waals surface area contributed by atoms with Crippen molar-refractivity contribution in [3.63, 3.8) is 0 Å². The van der Waals surface area contributed by atoms with Crippen molar-refractivity contribution in [1.29, 1.82) is 0 Å². The van der Waals surface area contributed by atoms with Gasteiger partial charge in [0.05, 0.1) is 23.4 Å². The molecule has 2 heterocycles. The van der Waals surface area contributed by atoms with E-state index in [0.29, 0.717) is 0 Å². The third-order valence-electron chi connectivity index (χ3n) is 5.19. The van der Waals surface area contributed by atoms with Crippen LogP contribution in [0.1, 0.15) is 16.6 Å². The van der Waals surface area contributed by atoms with Crippen LogP contribution in [0.4, 0.5) is 4.39 Å². The SMILES string of the molecule is COc1ccccc1CN1CCN(CC(N)c2nc3ccc(F)cc3s2)CC1. The van der Waals surface area contributed by atoms with Gasteiger partial charge in [-0.1, -0.05) is 18.2 Å². The number of nitrogens with zero attached hydrogens (tertiary/aromatic N) is 3. The Labute approximate surface area is 168 Å². The number of hydrogen-bond donors (Lipinski definition) is 1. The number of fused-ring (bicyclic) bond motifs is 1. The van der Waals surface area contributed by atoms with Gasteiger partial charge in [-0.15, -0.1) is 11.3 Å². The summed E-state index contributed by atoms with van der Waals surface area (Å²) in [6.07, 6.45) is 0. The van der Waals surface area contributed by atoms with Gasteiger partial charge in [0.25, 0.3) is 0 Å². The number of methoxy groups -OCH3 is 1. The Morgan fingerprint density at radius 1 is 1.14 bits per heavy atom. The van der Waals surface area contributed by atoms with Crippen LogP contribution in [-0.2, 0) is 6.54 Å². The van der Waals surface area contributed by atoms with Gasteiger partial charge >= 0.3 is 0 Å². The number of hydrogen-bond acceptors (Lipinski definition) is 6. The van der Waals surface area contributed by atoms with Gasteiger partial charge in [0.2, 0.25) is 0 Å². The van der Waals surface area contributed by atoms with E-state index in [-0.39, 0.29) is 11.9 Å². The highest BCUT2D eigenvalue weighted by atomic mass is 32.1. The average molecular weight is 401 g/mol. The Morgan fingerprint density at radius 2 is 1.89 bits per heavy atom. The molecule has 0 radical (unpaired) electrons. The number of thiazole rings is 1. The van der Waals surface area contributed by atoms with Crippen LogP contribution >= 0.6 is 11.3 Å². The molecule has 3 aromatic rings. The van der Waals surface area contributed by atoms with Crippen molar-refractivity contribution in [1.82, 2.24) is 14.8 Å². The molecule has 4 rings (SSSR count). The van der Waals surface area contributed by atoms with E-state index in [9.17, 15) is 4.39 Å². The first kappa shape index (κ1) is 19.3.